The first-order valence-electron chi connectivity index (χ1n) is 9.43. The first-order valence-corrected chi connectivity index (χ1v) is 12.1. The largest absolute Gasteiger partial charge is 0.384 e. The molecule has 2 aromatic heterocycles. The molecule has 6 nitrogen and oxygen atoms in total. The average molecular weight is 456 g/mol. The number of hydrogen-bond acceptors (Lipinski definition) is 9. The molecule has 1 atom stereocenters. The number of thiophene rings is 1. The monoisotopic (exact) mass is 455 g/mol. The van der Waals surface area contributed by atoms with Gasteiger partial charge in [-0.2, -0.15) is 5.26 Å². The number of thioether (sulfide) groups is 1. The van der Waals surface area contributed by atoms with E-state index in [0.717, 1.165) is 20.7 Å². The van der Waals surface area contributed by atoms with Crippen molar-refractivity contribution < 1.29 is 4.79 Å². The van der Waals surface area contributed by atoms with Crippen molar-refractivity contribution in [3.05, 3.63) is 57.7 Å². The van der Waals surface area contributed by atoms with Crippen LogP contribution >= 0.6 is 34.4 Å². The summed E-state index contributed by atoms with van der Waals surface area (Å²) >= 11 is 4.48. The number of nitrogens with two attached hydrogens (primary N) is 1. The van der Waals surface area contributed by atoms with Crippen LogP contribution in [0.3, 0.4) is 0 Å². The highest BCUT2D eigenvalue weighted by atomic mass is 32.2. The van der Waals surface area contributed by atoms with E-state index in [2.05, 4.69) is 36.7 Å². The van der Waals surface area contributed by atoms with Crippen LogP contribution in [-0.4, -0.2) is 21.7 Å². The second-order valence-electron chi connectivity index (χ2n) is 7.95. The summed E-state index contributed by atoms with van der Waals surface area (Å²) in [5.41, 5.74) is 8.26. The van der Waals surface area contributed by atoms with Gasteiger partial charge in [0.1, 0.15) is 5.82 Å². The lowest BCUT2D eigenvalue weighted by atomic mass is 9.70. The Bertz CT molecular complexity index is 1100. The Morgan fingerprint density at radius 2 is 2.27 bits per heavy atom. The maximum Gasteiger partial charge on any atom is 0.219 e. The third-order valence-electron chi connectivity index (χ3n) is 5.12. The fraction of sp³-hybridized carbons (Fsp3) is 0.333. The van der Waals surface area contributed by atoms with Crippen molar-refractivity contribution in [2.45, 2.75) is 36.9 Å². The predicted octanol–water partition coefficient (Wildman–Crippen LogP) is 4.82. The van der Waals surface area contributed by atoms with Crippen LogP contribution in [0.15, 0.2) is 57.2 Å². The summed E-state index contributed by atoms with van der Waals surface area (Å²) in [5, 5.41) is 21.1. The lowest BCUT2D eigenvalue weighted by Gasteiger charge is -2.42. The quantitative estimate of drug-likeness (QED) is 0.510. The van der Waals surface area contributed by atoms with Gasteiger partial charge in [0.15, 0.2) is 10.1 Å². The molecule has 2 N–H and O–H groups in total. The average Bonchev–Trinajstić information content (AvgIpc) is 3.36. The third kappa shape index (κ3) is 3.60. The summed E-state index contributed by atoms with van der Waals surface area (Å²) in [7, 11) is 0. The van der Waals surface area contributed by atoms with Crippen molar-refractivity contribution in [2.75, 3.05) is 10.7 Å². The Balaban J connectivity index is 1.90. The minimum Gasteiger partial charge on any atom is -0.384 e. The molecule has 0 fully saturated rings. The van der Waals surface area contributed by atoms with Crippen LogP contribution in [0.1, 0.15) is 37.5 Å². The molecule has 1 aliphatic carbocycles. The Kier molecular flexibility index (Phi) is 5.57. The van der Waals surface area contributed by atoms with Crippen LogP contribution in [0.4, 0.5) is 5.13 Å². The number of hydrogen-bond donors (Lipinski definition) is 1. The topological polar surface area (TPSA) is 95.9 Å². The Labute approximate surface area is 187 Å². The second-order valence-corrected chi connectivity index (χ2v) is 11.1. The highest BCUT2D eigenvalue weighted by Crippen LogP contribution is 2.51. The molecule has 30 heavy (non-hydrogen) atoms. The summed E-state index contributed by atoms with van der Waals surface area (Å²) in [5.74, 6) is 0.697. The molecular formula is C21H21N5OS3. The highest BCUT2D eigenvalue weighted by molar-refractivity contribution is 8.01. The van der Waals surface area contributed by atoms with E-state index in [0.29, 0.717) is 34.9 Å². The van der Waals surface area contributed by atoms with E-state index in [9.17, 15) is 10.1 Å². The van der Waals surface area contributed by atoms with Crippen molar-refractivity contribution in [3.8, 4) is 6.07 Å². The molecule has 2 aliphatic rings. The van der Waals surface area contributed by atoms with Crippen LogP contribution in [0, 0.1) is 16.7 Å². The first-order chi connectivity index (χ1) is 14.4. The van der Waals surface area contributed by atoms with Crippen LogP contribution in [0.5, 0.6) is 0 Å². The van der Waals surface area contributed by atoms with Gasteiger partial charge >= 0.3 is 0 Å². The summed E-state index contributed by atoms with van der Waals surface area (Å²) < 4.78 is 0.792. The van der Waals surface area contributed by atoms with Gasteiger partial charge in [0.2, 0.25) is 5.13 Å². The molecule has 0 spiro atoms. The molecule has 0 radical (unpaired) electrons. The maximum absolute atomic E-state index is 13.3. The minimum absolute atomic E-state index is 0.0654. The molecule has 0 saturated carbocycles. The van der Waals surface area contributed by atoms with Gasteiger partial charge in [0.25, 0.3) is 0 Å². The number of ketones is 1. The summed E-state index contributed by atoms with van der Waals surface area (Å²) in [6, 6.07) is 6.17. The molecule has 0 bridgehead atoms. The number of anilines is 1. The van der Waals surface area contributed by atoms with Crippen molar-refractivity contribution in [2.24, 2.45) is 11.1 Å². The molecule has 1 unspecified atom stereocenters. The Morgan fingerprint density at radius 3 is 2.93 bits per heavy atom. The van der Waals surface area contributed by atoms with Gasteiger partial charge in [0.05, 0.1) is 17.6 Å². The van der Waals surface area contributed by atoms with Gasteiger partial charge in [-0.25, -0.2) is 0 Å². The standard InChI is InChI=1S/C21H21N5OS3/c1-4-7-29-20-25-24-19(30-20)26-13-9-21(2,3)10-14(27)17(13)16(12(11-22)18(26)23)15-6-5-8-28-15/h4-6,8,16H,1,7,9-10,23H2,2-3H3. The second kappa shape index (κ2) is 8.02. The molecule has 4 rings (SSSR count). The van der Waals surface area contributed by atoms with E-state index in [1.165, 1.54) is 34.4 Å². The van der Waals surface area contributed by atoms with Crippen molar-refractivity contribution in [1.82, 2.24) is 10.2 Å². The van der Waals surface area contributed by atoms with Crippen LogP contribution in [-0.2, 0) is 4.79 Å². The zero-order valence-electron chi connectivity index (χ0n) is 16.7. The van der Waals surface area contributed by atoms with Crippen LogP contribution < -0.4 is 10.6 Å². The van der Waals surface area contributed by atoms with E-state index in [1.54, 1.807) is 4.90 Å². The molecular weight excluding hydrogens is 434 g/mol. The molecule has 0 amide bonds. The lowest BCUT2D eigenvalue weighted by Crippen LogP contribution is -2.42. The molecule has 0 saturated heterocycles. The number of nitriles is 1. The number of allylic oxidation sites excluding steroid dienone is 3. The van der Waals surface area contributed by atoms with Crippen molar-refractivity contribution in [3.63, 3.8) is 0 Å². The lowest BCUT2D eigenvalue weighted by molar-refractivity contribution is -0.118. The number of Topliss-reactive ketones (excluding diaryl/α,β-unsaturated/α-hetero) is 1. The van der Waals surface area contributed by atoms with E-state index >= 15 is 0 Å². The van der Waals surface area contributed by atoms with Crippen LogP contribution in [0.2, 0.25) is 0 Å². The fourth-order valence-corrected chi connectivity index (χ4v) is 6.43. The fourth-order valence-electron chi connectivity index (χ4n) is 3.95. The zero-order valence-corrected chi connectivity index (χ0v) is 19.2. The molecule has 9 heteroatoms. The van der Waals surface area contributed by atoms with E-state index < -0.39 is 5.92 Å². The highest BCUT2D eigenvalue weighted by Gasteiger charge is 2.45. The SMILES string of the molecule is C=CCSc1nnc(N2C(N)=C(C#N)C(c3cccs3)C3=C2CC(C)(C)CC3=O)s1. The molecule has 0 aromatic carbocycles. The van der Waals surface area contributed by atoms with Crippen molar-refractivity contribution >= 4 is 45.4 Å². The van der Waals surface area contributed by atoms with Gasteiger partial charge in [-0.1, -0.05) is 49.1 Å². The number of rotatable bonds is 5. The number of nitrogens with zero attached hydrogens (tertiary/aromatic N) is 4. The summed E-state index contributed by atoms with van der Waals surface area (Å²) in [6.45, 7) is 7.90. The van der Waals surface area contributed by atoms with E-state index in [4.69, 9.17) is 5.73 Å². The Morgan fingerprint density at radius 1 is 1.47 bits per heavy atom. The smallest absolute Gasteiger partial charge is 0.219 e. The number of aromatic nitrogens is 2. The van der Waals surface area contributed by atoms with Gasteiger partial charge in [-0.05, 0) is 23.3 Å². The van der Waals surface area contributed by atoms with E-state index in [1.807, 2.05) is 23.6 Å². The molecule has 2 aromatic rings. The normalized spacial score (nSPS) is 20.9. The van der Waals surface area contributed by atoms with Gasteiger partial charge in [-0.3, -0.25) is 9.69 Å². The van der Waals surface area contributed by atoms with Gasteiger partial charge < -0.3 is 5.73 Å². The molecule has 154 valence electrons. The zero-order chi connectivity index (χ0) is 21.5. The maximum atomic E-state index is 13.3. The summed E-state index contributed by atoms with van der Waals surface area (Å²) in [4.78, 5) is 16.1. The van der Waals surface area contributed by atoms with E-state index in [-0.39, 0.29) is 11.2 Å². The van der Waals surface area contributed by atoms with Gasteiger partial charge in [0, 0.05) is 28.3 Å². The minimum atomic E-state index is -0.424. The Hall–Kier alpha value is -2.41. The predicted molar refractivity (Wildman–Crippen MR) is 122 cm³/mol. The summed E-state index contributed by atoms with van der Waals surface area (Å²) in [6.07, 6.45) is 2.92. The first kappa shape index (κ1) is 20.8. The van der Waals surface area contributed by atoms with Crippen LogP contribution in [0.25, 0.3) is 0 Å². The number of carbonyl (C=O) groups excluding carboxylic acids is 1. The third-order valence-corrected chi connectivity index (χ3v) is 8.10. The number of carbonyl (C=O) groups is 1. The van der Waals surface area contributed by atoms with Crippen molar-refractivity contribution in [1.29, 1.82) is 5.26 Å². The molecule has 3 heterocycles. The molecule has 1 aliphatic heterocycles. The van der Waals surface area contributed by atoms with Gasteiger partial charge in [-0.15, -0.1) is 28.1 Å².